The van der Waals surface area contributed by atoms with Crippen molar-refractivity contribution in [3.63, 3.8) is 0 Å². The molecule has 1 N–H and O–H groups in total. The molecule has 0 fully saturated rings. The Morgan fingerprint density at radius 2 is 1.69 bits per heavy atom. The van der Waals surface area contributed by atoms with Gasteiger partial charge < -0.3 is 4.74 Å². The molecule has 176 valence electrons. The van der Waals surface area contributed by atoms with E-state index in [1.54, 1.807) is 24.0 Å². The van der Waals surface area contributed by atoms with Crippen LogP contribution in [-0.4, -0.2) is 23.4 Å². The molecule has 3 heterocycles. The Morgan fingerprint density at radius 1 is 0.889 bits per heavy atom. The standard InChI is InChI=1S/C26H17N5O3S2/c27-16-20-14-21(36(32,33)31-26-29-12-13-35-26)6-7-24(20)34-25-17-30-23(19-4-2-1-3-5-19)15-22(25)18-8-10-28-11-9-18/h1-15,17H,(H,29,31). The van der Waals surface area contributed by atoms with Crippen molar-refractivity contribution in [1.82, 2.24) is 15.0 Å². The van der Waals surface area contributed by atoms with Gasteiger partial charge in [0.15, 0.2) is 10.9 Å². The van der Waals surface area contributed by atoms with Crippen LogP contribution >= 0.6 is 11.3 Å². The van der Waals surface area contributed by atoms with E-state index in [0.717, 1.165) is 33.7 Å². The number of sulfonamides is 1. The lowest BCUT2D eigenvalue weighted by molar-refractivity contribution is 0.480. The van der Waals surface area contributed by atoms with E-state index in [1.165, 1.54) is 24.4 Å². The molecule has 0 bridgehead atoms. The van der Waals surface area contributed by atoms with E-state index < -0.39 is 10.0 Å². The third-order valence-corrected chi connectivity index (χ3v) is 7.34. The Morgan fingerprint density at radius 3 is 2.42 bits per heavy atom. The van der Waals surface area contributed by atoms with Crippen LogP contribution in [-0.2, 0) is 10.0 Å². The first-order chi connectivity index (χ1) is 17.5. The van der Waals surface area contributed by atoms with Crippen molar-refractivity contribution in [2.75, 3.05) is 4.72 Å². The summed E-state index contributed by atoms with van der Waals surface area (Å²) in [6.07, 6.45) is 6.45. The van der Waals surface area contributed by atoms with Crippen LogP contribution in [0, 0.1) is 11.3 Å². The van der Waals surface area contributed by atoms with Gasteiger partial charge >= 0.3 is 0 Å². The molecule has 5 aromatic rings. The molecule has 0 unspecified atom stereocenters. The SMILES string of the molecule is N#Cc1cc(S(=O)(=O)Nc2nccs2)ccc1Oc1cnc(-c2ccccc2)cc1-c1ccncc1. The number of hydrogen-bond donors (Lipinski definition) is 1. The van der Waals surface area contributed by atoms with E-state index in [0.29, 0.717) is 5.75 Å². The Kier molecular flexibility index (Phi) is 6.40. The third-order valence-electron chi connectivity index (χ3n) is 5.18. The predicted octanol–water partition coefficient (Wildman–Crippen LogP) is 5.73. The van der Waals surface area contributed by atoms with Crippen LogP contribution in [0.2, 0.25) is 0 Å². The van der Waals surface area contributed by atoms with Gasteiger partial charge in [-0.25, -0.2) is 13.4 Å². The van der Waals surface area contributed by atoms with Gasteiger partial charge in [0, 0.05) is 35.1 Å². The summed E-state index contributed by atoms with van der Waals surface area (Å²) in [6.45, 7) is 0. The number of aromatic nitrogens is 3. The lowest BCUT2D eigenvalue weighted by Gasteiger charge is -2.14. The molecule has 5 rings (SSSR count). The highest BCUT2D eigenvalue weighted by atomic mass is 32.2. The molecule has 36 heavy (non-hydrogen) atoms. The lowest BCUT2D eigenvalue weighted by Crippen LogP contribution is -2.13. The first kappa shape index (κ1) is 23.2. The molecule has 0 atom stereocenters. The van der Waals surface area contributed by atoms with Crippen LogP contribution in [0.25, 0.3) is 22.4 Å². The molecular weight excluding hydrogens is 494 g/mol. The maximum absolute atomic E-state index is 12.7. The summed E-state index contributed by atoms with van der Waals surface area (Å²) < 4.78 is 34.0. The third kappa shape index (κ3) is 4.93. The summed E-state index contributed by atoms with van der Waals surface area (Å²) >= 11 is 1.16. The van der Waals surface area contributed by atoms with E-state index in [9.17, 15) is 13.7 Å². The number of nitriles is 1. The maximum atomic E-state index is 12.7. The molecule has 0 saturated carbocycles. The summed E-state index contributed by atoms with van der Waals surface area (Å²) in [4.78, 5) is 12.5. The smallest absolute Gasteiger partial charge is 0.263 e. The van der Waals surface area contributed by atoms with Crippen molar-refractivity contribution in [1.29, 1.82) is 5.26 Å². The number of hydrogen-bond acceptors (Lipinski definition) is 8. The molecule has 0 aliphatic carbocycles. The molecule has 3 aromatic heterocycles. The minimum absolute atomic E-state index is 0.0600. The van der Waals surface area contributed by atoms with Crippen LogP contribution in [0.3, 0.4) is 0 Å². The molecule has 0 saturated heterocycles. The van der Waals surface area contributed by atoms with Crippen LogP contribution in [0.4, 0.5) is 5.13 Å². The predicted molar refractivity (Wildman–Crippen MR) is 137 cm³/mol. The molecule has 0 aliphatic heterocycles. The van der Waals surface area contributed by atoms with Gasteiger partial charge in [0.2, 0.25) is 0 Å². The molecule has 8 nitrogen and oxygen atoms in total. The van der Waals surface area contributed by atoms with Crippen molar-refractivity contribution in [3.05, 3.63) is 102 Å². The Bertz CT molecular complexity index is 1650. The van der Waals surface area contributed by atoms with E-state index >= 15 is 0 Å². The van der Waals surface area contributed by atoms with Crippen molar-refractivity contribution in [2.45, 2.75) is 4.90 Å². The average molecular weight is 512 g/mol. The van der Waals surface area contributed by atoms with Crippen LogP contribution < -0.4 is 9.46 Å². The summed E-state index contributed by atoms with van der Waals surface area (Å²) in [5.74, 6) is 0.615. The fourth-order valence-electron chi connectivity index (χ4n) is 3.47. The molecule has 0 aliphatic rings. The number of nitrogens with zero attached hydrogens (tertiary/aromatic N) is 4. The Labute approximate surface area is 211 Å². The van der Waals surface area contributed by atoms with Gasteiger partial charge in [-0.15, -0.1) is 11.3 Å². The normalized spacial score (nSPS) is 11.0. The van der Waals surface area contributed by atoms with Crippen molar-refractivity contribution < 1.29 is 13.2 Å². The van der Waals surface area contributed by atoms with E-state index in [1.807, 2.05) is 54.6 Å². The van der Waals surface area contributed by atoms with Crippen LogP contribution in [0.1, 0.15) is 5.56 Å². The largest absolute Gasteiger partial charge is 0.454 e. The summed E-state index contributed by atoms with van der Waals surface area (Å²) in [7, 11) is -3.92. The minimum atomic E-state index is -3.92. The molecule has 0 spiro atoms. The number of benzene rings is 2. The van der Waals surface area contributed by atoms with Crippen LogP contribution in [0.5, 0.6) is 11.5 Å². The first-order valence-corrected chi connectivity index (χ1v) is 13.0. The summed E-state index contributed by atoms with van der Waals surface area (Å²) in [5, 5.41) is 11.6. The van der Waals surface area contributed by atoms with Crippen LogP contribution in [0.15, 0.2) is 102 Å². The summed E-state index contributed by atoms with van der Waals surface area (Å²) in [6, 6.07) is 21.5. The first-order valence-electron chi connectivity index (χ1n) is 10.6. The fraction of sp³-hybridized carbons (Fsp3) is 0. The van der Waals surface area contributed by atoms with E-state index in [-0.39, 0.29) is 21.3 Å². The Hall–Kier alpha value is -4.59. The van der Waals surface area contributed by atoms with Gasteiger partial charge in [-0.2, -0.15) is 5.26 Å². The van der Waals surface area contributed by atoms with E-state index in [2.05, 4.69) is 19.7 Å². The van der Waals surface area contributed by atoms with Gasteiger partial charge in [0.25, 0.3) is 10.0 Å². The second-order valence-electron chi connectivity index (χ2n) is 7.48. The molecule has 2 aromatic carbocycles. The number of pyridine rings is 2. The number of rotatable bonds is 7. The monoisotopic (exact) mass is 511 g/mol. The van der Waals surface area contributed by atoms with Crippen molar-refractivity contribution >= 4 is 26.5 Å². The number of ether oxygens (including phenoxy) is 1. The maximum Gasteiger partial charge on any atom is 0.263 e. The molecule has 10 heteroatoms. The highest BCUT2D eigenvalue weighted by molar-refractivity contribution is 7.93. The summed E-state index contributed by atoms with van der Waals surface area (Å²) in [5.41, 5.74) is 3.36. The topological polar surface area (TPSA) is 118 Å². The minimum Gasteiger partial charge on any atom is -0.454 e. The number of nitrogens with one attached hydrogen (secondary N) is 1. The van der Waals surface area contributed by atoms with Gasteiger partial charge in [0.05, 0.1) is 22.3 Å². The van der Waals surface area contributed by atoms with Gasteiger partial charge in [-0.05, 0) is 42.0 Å². The van der Waals surface area contributed by atoms with E-state index in [4.69, 9.17) is 4.74 Å². The zero-order valence-corrected chi connectivity index (χ0v) is 20.2. The molecule has 0 amide bonds. The molecule has 0 radical (unpaired) electrons. The number of thiazole rings is 1. The van der Waals surface area contributed by atoms with Gasteiger partial charge in [-0.1, -0.05) is 30.3 Å². The quantitative estimate of drug-likeness (QED) is 0.296. The second kappa shape index (κ2) is 9.95. The van der Waals surface area contributed by atoms with Crippen molar-refractivity contribution in [2.24, 2.45) is 0 Å². The van der Waals surface area contributed by atoms with Gasteiger partial charge in [-0.3, -0.25) is 14.7 Å². The fourth-order valence-corrected chi connectivity index (χ4v) is 5.28. The Balaban J connectivity index is 1.52. The molecular formula is C26H17N5O3S2. The zero-order chi connectivity index (χ0) is 25.0. The number of anilines is 1. The highest BCUT2D eigenvalue weighted by Gasteiger charge is 2.19. The van der Waals surface area contributed by atoms with Crippen molar-refractivity contribution in [3.8, 4) is 40.0 Å². The highest BCUT2D eigenvalue weighted by Crippen LogP contribution is 2.37. The average Bonchev–Trinajstić information content (AvgIpc) is 3.42. The zero-order valence-electron chi connectivity index (χ0n) is 18.6. The lowest BCUT2D eigenvalue weighted by atomic mass is 10.0. The van der Waals surface area contributed by atoms with Gasteiger partial charge in [0.1, 0.15) is 11.8 Å². The second-order valence-corrected chi connectivity index (χ2v) is 10.1.